The lowest BCUT2D eigenvalue weighted by Gasteiger charge is -2.36. The van der Waals surface area contributed by atoms with E-state index in [1.807, 2.05) is 52.0 Å². The largest absolute Gasteiger partial charge is 0.468 e. The Morgan fingerprint density at radius 1 is 0.875 bits per heavy atom. The van der Waals surface area contributed by atoms with Gasteiger partial charge in [-0.25, -0.2) is 4.79 Å². The highest BCUT2D eigenvalue weighted by molar-refractivity contribution is 5.92. The Bertz CT molecular complexity index is 1180. The van der Waals surface area contributed by atoms with Gasteiger partial charge in [-0.3, -0.25) is 19.3 Å². The van der Waals surface area contributed by atoms with Crippen LogP contribution < -0.4 is 5.32 Å². The molecule has 3 rings (SSSR count). The van der Waals surface area contributed by atoms with Gasteiger partial charge < -0.3 is 19.7 Å². The minimum absolute atomic E-state index is 0.0943. The Balaban J connectivity index is 1.75. The zero-order valence-corrected chi connectivity index (χ0v) is 24.5. The molecule has 0 saturated carbocycles. The van der Waals surface area contributed by atoms with E-state index < -0.39 is 30.1 Å². The molecule has 0 aromatic heterocycles. The Kier molecular flexibility index (Phi) is 10.3. The van der Waals surface area contributed by atoms with Gasteiger partial charge in [-0.1, -0.05) is 76.2 Å². The summed E-state index contributed by atoms with van der Waals surface area (Å²) in [7, 11) is 4.34. The lowest BCUT2D eigenvalue weighted by atomic mass is 9.97. The molecule has 2 aromatic rings. The van der Waals surface area contributed by atoms with Crippen LogP contribution in [0.2, 0.25) is 0 Å². The molecule has 0 fully saturated rings. The molecule has 0 radical (unpaired) electrons. The first-order valence-corrected chi connectivity index (χ1v) is 13.7. The number of hydrogen-bond acceptors (Lipinski definition) is 6. The number of esters is 1. The number of likely N-dealkylation sites (N-methyl/N-ethyl adjacent to an activating group) is 2. The van der Waals surface area contributed by atoms with Gasteiger partial charge in [-0.15, -0.1) is 0 Å². The number of methoxy groups -OCH3 is 1. The minimum Gasteiger partial charge on any atom is -0.468 e. The van der Waals surface area contributed by atoms with E-state index in [1.165, 1.54) is 16.9 Å². The summed E-state index contributed by atoms with van der Waals surface area (Å²) in [5.41, 5.74) is 4.47. The highest BCUT2D eigenvalue weighted by atomic mass is 16.6. The minimum atomic E-state index is -0.845. The molecule has 216 valence electrons. The molecule has 2 aromatic carbocycles. The molecular formula is C31H41N3O6. The van der Waals surface area contributed by atoms with Crippen molar-refractivity contribution in [1.29, 1.82) is 0 Å². The van der Waals surface area contributed by atoms with E-state index in [1.54, 1.807) is 14.1 Å². The van der Waals surface area contributed by atoms with E-state index in [-0.39, 0.29) is 36.8 Å². The Hall–Kier alpha value is -3.88. The number of benzene rings is 2. The van der Waals surface area contributed by atoms with Crippen molar-refractivity contribution >= 4 is 23.9 Å². The third-order valence-electron chi connectivity index (χ3n) is 7.37. The first-order valence-electron chi connectivity index (χ1n) is 13.7. The average molecular weight is 552 g/mol. The maximum Gasteiger partial charge on any atom is 0.410 e. The number of rotatable bonds is 11. The van der Waals surface area contributed by atoms with Crippen LogP contribution in [0.15, 0.2) is 48.5 Å². The summed E-state index contributed by atoms with van der Waals surface area (Å²) in [6.07, 6.45) is -0.219. The van der Waals surface area contributed by atoms with Crippen LogP contribution in [0.5, 0.6) is 0 Å². The molecule has 1 aliphatic rings. The van der Waals surface area contributed by atoms with E-state index in [0.717, 1.165) is 22.3 Å². The number of amides is 3. The van der Waals surface area contributed by atoms with Gasteiger partial charge in [-0.05, 0) is 40.5 Å². The highest BCUT2D eigenvalue weighted by Crippen LogP contribution is 2.44. The molecule has 0 aliphatic heterocycles. The van der Waals surface area contributed by atoms with Crippen LogP contribution in [-0.2, 0) is 23.9 Å². The number of hydrogen-bond donors (Lipinski definition) is 1. The fourth-order valence-corrected chi connectivity index (χ4v) is 5.33. The average Bonchev–Trinajstić information content (AvgIpc) is 3.25. The molecule has 9 heteroatoms. The second kappa shape index (κ2) is 13.5. The quantitative estimate of drug-likeness (QED) is 0.423. The topological polar surface area (TPSA) is 105 Å². The first-order chi connectivity index (χ1) is 19.0. The molecule has 0 spiro atoms. The van der Waals surface area contributed by atoms with Crippen LogP contribution in [0, 0.1) is 11.8 Å². The van der Waals surface area contributed by atoms with E-state index in [9.17, 15) is 19.2 Å². The molecule has 40 heavy (non-hydrogen) atoms. The second-order valence-electron chi connectivity index (χ2n) is 11.0. The zero-order valence-electron chi connectivity index (χ0n) is 24.5. The summed E-state index contributed by atoms with van der Waals surface area (Å²) in [6, 6.07) is 14.5. The molecular weight excluding hydrogens is 510 g/mol. The molecule has 9 nitrogen and oxygen atoms in total. The Morgan fingerprint density at radius 3 is 1.93 bits per heavy atom. The van der Waals surface area contributed by atoms with Crippen molar-refractivity contribution < 1.29 is 28.7 Å². The number of carbonyl (C=O) groups excluding carboxylic acids is 4. The predicted molar refractivity (Wildman–Crippen MR) is 152 cm³/mol. The predicted octanol–water partition coefficient (Wildman–Crippen LogP) is 4.05. The standard InChI is InChI=1S/C31H41N3O6/c1-19(2)16-26(30(37)34(6)28(20(3)4)29(36)32-17-27(35)39-7)33(5)31(38)40-18-25-23-14-10-8-12-21(23)22-13-9-11-15-24(22)25/h8-15,19-20,25-26,28H,16-18H2,1-7H3,(H,32,36)/t26-,28-/m0/s1. The van der Waals surface area contributed by atoms with Crippen LogP contribution in [-0.4, -0.2) is 80.1 Å². The van der Waals surface area contributed by atoms with Crippen LogP contribution >= 0.6 is 0 Å². The van der Waals surface area contributed by atoms with Gasteiger partial charge in [0, 0.05) is 20.0 Å². The Labute approximate surface area is 236 Å². The van der Waals surface area contributed by atoms with Crippen molar-refractivity contribution in [2.75, 3.05) is 34.4 Å². The fourth-order valence-electron chi connectivity index (χ4n) is 5.33. The smallest absolute Gasteiger partial charge is 0.410 e. The number of fused-ring (bicyclic) bond motifs is 3. The summed E-state index contributed by atoms with van der Waals surface area (Å²) in [5, 5.41) is 2.54. The van der Waals surface area contributed by atoms with Gasteiger partial charge in [0.1, 0.15) is 25.2 Å². The highest BCUT2D eigenvalue weighted by Gasteiger charge is 2.37. The van der Waals surface area contributed by atoms with Gasteiger partial charge in [-0.2, -0.15) is 0 Å². The van der Waals surface area contributed by atoms with Gasteiger partial charge in [0.05, 0.1) is 7.11 Å². The van der Waals surface area contributed by atoms with Crippen LogP contribution in [0.25, 0.3) is 11.1 Å². The summed E-state index contributed by atoms with van der Waals surface area (Å²) in [5.74, 6) is -1.68. The normalized spacial score (nSPS) is 13.7. The van der Waals surface area contributed by atoms with Crippen LogP contribution in [0.3, 0.4) is 0 Å². The van der Waals surface area contributed by atoms with E-state index in [0.29, 0.717) is 6.42 Å². The van der Waals surface area contributed by atoms with Crippen molar-refractivity contribution in [2.45, 2.75) is 52.1 Å². The molecule has 3 amide bonds. The third-order valence-corrected chi connectivity index (χ3v) is 7.37. The Morgan fingerprint density at radius 2 is 1.43 bits per heavy atom. The molecule has 0 unspecified atom stereocenters. The molecule has 1 aliphatic carbocycles. The SMILES string of the molecule is COC(=O)CNC(=O)[C@H](C(C)C)N(C)C(=O)[C@H](CC(C)C)N(C)C(=O)OCC1c2ccccc2-c2ccccc21. The zero-order chi connectivity index (χ0) is 29.6. The van der Waals surface area contributed by atoms with Gasteiger partial charge in [0.15, 0.2) is 0 Å². The van der Waals surface area contributed by atoms with Crippen LogP contribution in [0.1, 0.15) is 51.2 Å². The molecule has 0 heterocycles. The first kappa shape index (κ1) is 30.7. The molecule has 0 saturated heterocycles. The van der Waals surface area contributed by atoms with Crippen molar-refractivity contribution in [3.05, 3.63) is 59.7 Å². The number of ether oxygens (including phenoxy) is 2. The summed E-state index contributed by atoms with van der Waals surface area (Å²) in [6.45, 7) is 7.41. The van der Waals surface area contributed by atoms with Gasteiger partial charge in [0.2, 0.25) is 11.8 Å². The molecule has 2 atom stereocenters. The maximum absolute atomic E-state index is 13.8. The van der Waals surface area contributed by atoms with E-state index in [4.69, 9.17) is 4.74 Å². The van der Waals surface area contributed by atoms with E-state index >= 15 is 0 Å². The molecule has 1 N–H and O–H groups in total. The van der Waals surface area contributed by atoms with Crippen molar-refractivity contribution in [3.8, 4) is 11.1 Å². The summed E-state index contributed by atoms with van der Waals surface area (Å²) in [4.78, 5) is 54.2. The monoisotopic (exact) mass is 551 g/mol. The van der Waals surface area contributed by atoms with E-state index in [2.05, 4.69) is 34.3 Å². The lowest BCUT2D eigenvalue weighted by Crippen LogP contribution is -2.57. The van der Waals surface area contributed by atoms with Crippen molar-refractivity contribution in [2.24, 2.45) is 11.8 Å². The van der Waals surface area contributed by atoms with Crippen LogP contribution in [0.4, 0.5) is 4.79 Å². The maximum atomic E-state index is 13.8. The van der Waals surface area contributed by atoms with Crippen molar-refractivity contribution in [1.82, 2.24) is 15.1 Å². The number of nitrogens with zero attached hydrogens (tertiary/aromatic N) is 2. The van der Waals surface area contributed by atoms with Gasteiger partial charge in [0.25, 0.3) is 0 Å². The second-order valence-corrected chi connectivity index (χ2v) is 11.0. The lowest BCUT2D eigenvalue weighted by molar-refractivity contribution is -0.146. The third kappa shape index (κ3) is 6.81. The van der Waals surface area contributed by atoms with Crippen molar-refractivity contribution in [3.63, 3.8) is 0 Å². The number of nitrogens with one attached hydrogen (secondary N) is 1. The molecule has 0 bridgehead atoms. The van der Waals surface area contributed by atoms with Gasteiger partial charge >= 0.3 is 12.1 Å². The fraction of sp³-hybridized carbons (Fsp3) is 0.484. The number of carbonyl (C=O) groups is 4. The summed E-state index contributed by atoms with van der Waals surface area (Å²) >= 11 is 0. The summed E-state index contributed by atoms with van der Waals surface area (Å²) < 4.78 is 10.4.